The Bertz CT molecular complexity index is 535. The van der Waals surface area contributed by atoms with Crippen LogP contribution in [0.15, 0.2) is 70.9 Å². The van der Waals surface area contributed by atoms with Crippen LogP contribution in [0.3, 0.4) is 0 Å². The van der Waals surface area contributed by atoms with E-state index in [9.17, 15) is 0 Å². The van der Waals surface area contributed by atoms with Crippen LogP contribution < -0.4 is 0 Å². The smallest absolute Gasteiger partial charge is 0.176 e. The first-order valence-electron chi connectivity index (χ1n) is 6.31. The molecule has 0 spiro atoms. The van der Waals surface area contributed by atoms with Crippen molar-refractivity contribution in [2.45, 2.75) is 24.9 Å². The highest BCUT2D eigenvalue weighted by atomic mass is 35.5. The van der Waals surface area contributed by atoms with E-state index >= 15 is 0 Å². The van der Waals surface area contributed by atoms with Gasteiger partial charge < -0.3 is 0 Å². The Morgan fingerprint density at radius 2 is 1.47 bits per heavy atom. The van der Waals surface area contributed by atoms with Gasteiger partial charge in [0.05, 0.1) is 6.04 Å². The number of benzene rings is 2. The molecule has 2 aromatic carbocycles. The zero-order chi connectivity index (χ0) is 13.7. The summed E-state index contributed by atoms with van der Waals surface area (Å²) < 4.78 is 0. The fourth-order valence-corrected chi connectivity index (χ4v) is 1.96. The SMILES string of the molecule is CC(/N=N/C(C)(Cl)c1ccccc1)c1ccccc1. The second kappa shape index (κ2) is 5.98. The van der Waals surface area contributed by atoms with E-state index in [0.717, 1.165) is 11.1 Å². The lowest BCUT2D eigenvalue weighted by atomic mass is 10.1. The molecule has 98 valence electrons. The fourth-order valence-electron chi connectivity index (χ4n) is 1.79. The van der Waals surface area contributed by atoms with Crippen LogP contribution in [-0.2, 0) is 5.00 Å². The predicted octanol–water partition coefficient (Wildman–Crippen LogP) is 5.31. The minimum atomic E-state index is -0.815. The molecule has 19 heavy (non-hydrogen) atoms. The number of alkyl halides is 1. The predicted molar refractivity (Wildman–Crippen MR) is 79.4 cm³/mol. The normalized spacial score (nSPS) is 16.2. The summed E-state index contributed by atoms with van der Waals surface area (Å²) in [5.74, 6) is 0. The molecule has 0 amide bonds. The molecule has 0 saturated carbocycles. The molecule has 0 N–H and O–H groups in total. The minimum absolute atomic E-state index is 0.00277. The average molecular weight is 273 g/mol. The van der Waals surface area contributed by atoms with Gasteiger partial charge in [0, 0.05) is 0 Å². The summed E-state index contributed by atoms with van der Waals surface area (Å²) in [6, 6.07) is 19.8. The van der Waals surface area contributed by atoms with Gasteiger partial charge in [-0.15, -0.1) is 0 Å². The molecule has 2 aromatic rings. The Kier molecular flexibility index (Phi) is 4.33. The summed E-state index contributed by atoms with van der Waals surface area (Å²) in [6.45, 7) is 3.86. The van der Waals surface area contributed by atoms with Gasteiger partial charge in [0.25, 0.3) is 0 Å². The van der Waals surface area contributed by atoms with Gasteiger partial charge in [-0.05, 0) is 25.0 Å². The van der Waals surface area contributed by atoms with Gasteiger partial charge in [-0.2, -0.15) is 10.2 Å². The van der Waals surface area contributed by atoms with Crippen LogP contribution in [0.2, 0.25) is 0 Å². The number of hydrogen-bond acceptors (Lipinski definition) is 2. The monoisotopic (exact) mass is 272 g/mol. The molecule has 3 heteroatoms. The van der Waals surface area contributed by atoms with Crippen molar-refractivity contribution < 1.29 is 0 Å². The third kappa shape index (κ3) is 3.65. The van der Waals surface area contributed by atoms with E-state index in [1.807, 2.05) is 74.5 Å². The first-order valence-corrected chi connectivity index (χ1v) is 6.69. The highest BCUT2D eigenvalue weighted by Gasteiger charge is 2.22. The van der Waals surface area contributed by atoms with Crippen LogP contribution in [-0.4, -0.2) is 0 Å². The van der Waals surface area contributed by atoms with Gasteiger partial charge in [-0.1, -0.05) is 72.3 Å². The molecule has 2 unspecified atom stereocenters. The van der Waals surface area contributed by atoms with E-state index in [2.05, 4.69) is 10.2 Å². The molecule has 0 radical (unpaired) electrons. The zero-order valence-corrected chi connectivity index (χ0v) is 11.9. The van der Waals surface area contributed by atoms with Crippen LogP contribution >= 0.6 is 11.6 Å². The molecule has 0 aliphatic rings. The lowest BCUT2D eigenvalue weighted by Gasteiger charge is -2.17. The highest BCUT2D eigenvalue weighted by Crippen LogP contribution is 2.31. The standard InChI is InChI=1S/C16H17ClN2/c1-13(14-9-5-3-6-10-14)18-19-16(2,17)15-11-7-4-8-12-15/h3-13H,1-2H3/b19-18+. The highest BCUT2D eigenvalue weighted by molar-refractivity contribution is 6.23. The van der Waals surface area contributed by atoms with Gasteiger partial charge >= 0.3 is 0 Å². The summed E-state index contributed by atoms with van der Waals surface area (Å²) >= 11 is 6.43. The molecule has 2 nitrogen and oxygen atoms in total. The first-order chi connectivity index (χ1) is 9.09. The van der Waals surface area contributed by atoms with E-state index in [-0.39, 0.29) is 6.04 Å². The van der Waals surface area contributed by atoms with E-state index in [1.54, 1.807) is 0 Å². The Labute approximate surface area is 119 Å². The third-order valence-electron chi connectivity index (χ3n) is 3.00. The van der Waals surface area contributed by atoms with Crippen LogP contribution in [0.5, 0.6) is 0 Å². The van der Waals surface area contributed by atoms with Crippen molar-refractivity contribution >= 4 is 11.6 Å². The quantitative estimate of drug-likeness (QED) is 0.409. The number of azo groups is 1. The van der Waals surface area contributed by atoms with Crippen molar-refractivity contribution in [3.63, 3.8) is 0 Å². The molecule has 2 atom stereocenters. The van der Waals surface area contributed by atoms with Crippen LogP contribution in [0, 0.1) is 0 Å². The lowest BCUT2D eigenvalue weighted by Crippen LogP contribution is -2.09. The van der Waals surface area contributed by atoms with Crippen molar-refractivity contribution in [2.24, 2.45) is 10.2 Å². The van der Waals surface area contributed by atoms with Gasteiger partial charge in [0.1, 0.15) is 0 Å². The Morgan fingerprint density at radius 3 is 2.05 bits per heavy atom. The van der Waals surface area contributed by atoms with Gasteiger partial charge in [-0.3, -0.25) is 0 Å². The molecule has 2 rings (SSSR count). The maximum Gasteiger partial charge on any atom is 0.176 e. The Balaban J connectivity index is 2.14. The lowest BCUT2D eigenvalue weighted by molar-refractivity contribution is 0.612. The Morgan fingerprint density at radius 1 is 0.947 bits per heavy atom. The maximum absolute atomic E-state index is 6.43. The molecule has 0 saturated heterocycles. The molecule has 0 heterocycles. The second-order valence-electron chi connectivity index (χ2n) is 4.62. The van der Waals surface area contributed by atoms with Crippen LogP contribution in [0.4, 0.5) is 0 Å². The van der Waals surface area contributed by atoms with Crippen molar-refractivity contribution in [3.8, 4) is 0 Å². The average Bonchev–Trinajstić information content (AvgIpc) is 2.47. The van der Waals surface area contributed by atoms with E-state index in [0.29, 0.717) is 0 Å². The molecular formula is C16H17ClN2. The molecule has 0 aromatic heterocycles. The molecule has 0 aliphatic heterocycles. The topological polar surface area (TPSA) is 24.7 Å². The van der Waals surface area contributed by atoms with E-state index < -0.39 is 5.00 Å². The van der Waals surface area contributed by atoms with E-state index in [1.165, 1.54) is 0 Å². The maximum atomic E-state index is 6.43. The zero-order valence-electron chi connectivity index (χ0n) is 11.1. The van der Waals surface area contributed by atoms with Crippen molar-refractivity contribution in [1.82, 2.24) is 0 Å². The van der Waals surface area contributed by atoms with E-state index in [4.69, 9.17) is 11.6 Å². The number of halogens is 1. The number of hydrogen-bond donors (Lipinski definition) is 0. The third-order valence-corrected chi connectivity index (χ3v) is 3.30. The number of rotatable bonds is 4. The Hall–Kier alpha value is -1.67. The molecular weight excluding hydrogens is 256 g/mol. The van der Waals surface area contributed by atoms with Crippen LogP contribution in [0.1, 0.15) is 31.0 Å². The van der Waals surface area contributed by atoms with Crippen LogP contribution in [0.25, 0.3) is 0 Å². The second-order valence-corrected chi connectivity index (χ2v) is 5.36. The summed E-state index contributed by atoms with van der Waals surface area (Å²) in [5, 5.41) is 8.63. The largest absolute Gasteiger partial charge is 0.184 e. The summed E-state index contributed by atoms with van der Waals surface area (Å²) in [6.07, 6.45) is 0. The van der Waals surface area contributed by atoms with Gasteiger partial charge in [0.2, 0.25) is 0 Å². The minimum Gasteiger partial charge on any atom is -0.184 e. The first kappa shape index (κ1) is 13.8. The summed E-state index contributed by atoms with van der Waals surface area (Å²) in [7, 11) is 0. The molecule has 0 aliphatic carbocycles. The fraction of sp³-hybridized carbons (Fsp3) is 0.250. The van der Waals surface area contributed by atoms with Gasteiger partial charge in [-0.25, -0.2) is 0 Å². The number of nitrogens with zero attached hydrogens (tertiary/aromatic N) is 2. The van der Waals surface area contributed by atoms with Crippen molar-refractivity contribution in [2.75, 3.05) is 0 Å². The molecule has 0 fully saturated rings. The van der Waals surface area contributed by atoms with Gasteiger partial charge in [0.15, 0.2) is 5.00 Å². The molecule has 0 bridgehead atoms. The van der Waals surface area contributed by atoms with Crippen molar-refractivity contribution in [3.05, 3.63) is 71.8 Å². The van der Waals surface area contributed by atoms with Crippen molar-refractivity contribution in [1.29, 1.82) is 0 Å². The summed E-state index contributed by atoms with van der Waals surface area (Å²) in [4.78, 5) is -0.815. The summed E-state index contributed by atoms with van der Waals surface area (Å²) in [5.41, 5.74) is 2.08.